The average molecular weight is 353 g/mol. The van der Waals surface area contributed by atoms with Gasteiger partial charge in [0.2, 0.25) is 0 Å². The Hall–Kier alpha value is -1.32. The van der Waals surface area contributed by atoms with Gasteiger partial charge in [-0.3, -0.25) is 4.79 Å². The molecule has 0 fully saturated rings. The van der Waals surface area contributed by atoms with Crippen LogP contribution in [0.15, 0.2) is 40.9 Å². The average Bonchev–Trinajstić information content (AvgIpc) is 2.42. The van der Waals surface area contributed by atoms with E-state index in [4.69, 9.17) is 11.6 Å². The summed E-state index contributed by atoms with van der Waals surface area (Å²) in [6.07, 6.45) is 0.858. The van der Waals surface area contributed by atoms with E-state index in [0.717, 1.165) is 27.7 Å². The van der Waals surface area contributed by atoms with Gasteiger partial charge in [0.05, 0.1) is 0 Å². The van der Waals surface area contributed by atoms with E-state index < -0.39 is 0 Å². The van der Waals surface area contributed by atoms with Gasteiger partial charge in [-0.15, -0.1) is 0 Å². The van der Waals surface area contributed by atoms with Crippen LogP contribution in [-0.2, 0) is 6.42 Å². The number of amides is 1. The van der Waals surface area contributed by atoms with Crippen molar-refractivity contribution in [2.45, 2.75) is 20.3 Å². The van der Waals surface area contributed by atoms with Crippen LogP contribution < -0.4 is 5.32 Å². The lowest BCUT2D eigenvalue weighted by atomic mass is 10.1. The molecule has 0 aromatic heterocycles. The number of anilines is 1. The molecule has 0 aliphatic rings. The topological polar surface area (TPSA) is 29.1 Å². The van der Waals surface area contributed by atoms with Crippen molar-refractivity contribution >= 4 is 39.1 Å². The lowest BCUT2D eigenvalue weighted by Crippen LogP contribution is -2.14. The quantitative estimate of drug-likeness (QED) is 0.805. The summed E-state index contributed by atoms with van der Waals surface area (Å²) in [6, 6.07) is 10.9. The molecule has 2 aromatic carbocycles. The van der Waals surface area contributed by atoms with E-state index in [1.54, 1.807) is 24.3 Å². The van der Waals surface area contributed by atoms with Crippen molar-refractivity contribution in [2.75, 3.05) is 5.32 Å². The molecule has 0 saturated carbocycles. The first-order valence-corrected chi connectivity index (χ1v) is 7.54. The van der Waals surface area contributed by atoms with Crippen LogP contribution in [0.4, 0.5) is 5.69 Å². The van der Waals surface area contributed by atoms with Gasteiger partial charge in [-0.25, -0.2) is 0 Å². The zero-order chi connectivity index (χ0) is 14.7. The summed E-state index contributed by atoms with van der Waals surface area (Å²) in [6.45, 7) is 4.06. The fraction of sp³-hybridized carbons (Fsp3) is 0.188. The second kappa shape index (κ2) is 6.42. The standard InChI is InChI=1S/C16H15BrClNO/c1-3-11-9-13(17)8-10(2)15(11)19-16(20)12-4-6-14(18)7-5-12/h4-9H,3H2,1-2H3,(H,19,20). The highest BCUT2D eigenvalue weighted by Crippen LogP contribution is 2.27. The predicted molar refractivity (Wildman–Crippen MR) is 87.7 cm³/mol. The Balaban J connectivity index is 2.30. The molecule has 2 rings (SSSR count). The Morgan fingerprint density at radius 1 is 1.25 bits per heavy atom. The molecule has 104 valence electrons. The highest BCUT2D eigenvalue weighted by atomic mass is 79.9. The number of halogens is 2. The smallest absolute Gasteiger partial charge is 0.255 e. The lowest BCUT2D eigenvalue weighted by Gasteiger charge is -2.14. The Labute approximate surface area is 132 Å². The molecular weight excluding hydrogens is 338 g/mol. The fourth-order valence-electron chi connectivity index (χ4n) is 2.06. The maximum absolute atomic E-state index is 12.3. The van der Waals surface area contributed by atoms with Crippen molar-refractivity contribution in [3.63, 3.8) is 0 Å². The molecule has 0 atom stereocenters. The fourth-order valence-corrected chi connectivity index (χ4v) is 2.80. The Bertz CT molecular complexity index is 638. The van der Waals surface area contributed by atoms with Crippen molar-refractivity contribution in [3.8, 4) is 0 Å². The first-order chi connectivity index (χ1) is 9.51. The van der Waals surface area contributed by atoms with Crippen LogP contribution in [0.1, 0.15) is 28.4 Å². The van der Waals surface area contributed by atoms with Crippen LogP contribution >= 0.6 is 27.5 Å². The van der Waals surface area contributed by atoms with E-state index in [-0.39, 0.29) is 5.91 Å². The minimum Gasteiger partial charge on any atom is -0.321 e. The number of benzene rings is 2. The van der Waals surface area contributed by atoms with Gasteiger partial charge in [0, 0.05) is 20.7 Å². The third-order valence-corrected chi connectivity index (χ3v) is 3.82. The molecule has 0 saturated heterocycles. The zero-order valence-corrected chi connectivity index (χ0v) is 13.7. The van der Waals surface area contributed by atoms with Crippen molar-refractivity contribution in [3.05, 3.63) is 62.6 Å². The monoisotopic (exact) mass is 351 g/mol. The molecule has 2 nitrogen and oxygen atoms in total. The molecule has 4 heteroatoms. The normalized spacial score (nSPS) is 10.4. The van der Waals surface area contributed by atoms with Gasteiger partial charge < -0.3 is 5.32 Å². The summed E-state index contributed by atoms with van der Waals surface area (Å²) in [5, 5.41) is 3.61. The zero-order valence-electron chi connectivity index (χ0n) is 11.3. The second-order valence-corrected chi connectivity index (χ2v) is 5.92. The first-order valence-electron chi connectivity index (χ1n) is 6.37. The van der Waals surface area contributed by atoms with E-state index in [1.807, 2.05) is 19.1 Å². The number of carbonyl (C=O) groups is 1. The maximum Gasteiger partial charge on any atom is 0.255 e. The molecule has 0 aliphatic carbocycles. The van der Waals surface area contributed by atoms with Crippen molar-refractivity contribution in [1.82, 2.24) is 0 Å². The van der Waals surface area contributed by atoms with Crippen LogP contribution in [0, 0.1) is 6.92 Å². The molecule has 0 spiro atoms. The Morgan fingerprint density at radius 3 is 2.50 bits per heavy atom. The van der Waals surface area contributed by atoms with E-state index in [1.165, 1.54) is 0 Å². The van der Waals surface area contributed by atoms with Gasteiger partial charge in [0.1, 0.15) is 0 Å². The van der Waals surface area contributed by atoms with Crippen LogP contribution in [-0.4, -0.2) is 5.91 Å². The van der Waals surface area contributed by atoms with E-state index in [9.17, 15) is 4.79 Å². The van der Waals surface area contributed by atoms with E-state index in [0.29, 0.717) is 10.6 Å². The number of rotatable bonds is 3. The number of nitrogens with one attached hydrogen (secondary N) is 1. The molecule has 20 heavy (non-hydrogen) atoms. The van der Waals surface area contributed by atoms with Gasteiger partial charge >= 0.3 is 0 Å². The van der Waals surface area contributed by atoms with Gasteiger partial charge in [0.15, 0.2) is 0 Å². The number of carbonyl (C=O) groups excluding carboxylic acids is 1. The highest BCUT2D eigenvalue weighted by molar-refractivity contribution is 9.10. The molecular formula is C16H15BrClNO. The summed E-state index contributed by atoms with van der Waals surface area (Å²) < 4.78 is 1.02. The highest BCUT2D eigenvalue weighted by Gasteiger charge is 2.11. The minimum absolute atomic E-state index is 0.123. The van der Waals surface area contributed by atoms with E-state index in [2.05, 4.69) is 28.2 Å². The molecule has 2 aromatic rings. The van der Waals surface area contributed by atoms with Crippen LogP contribution in [0.2, 0.25) is 5.02 Å². The Morgan fingerprint density at radius 2 is 1.90 bits per heavy atom. The van der Waals surface area contributed by atoms with Crippen molar-refractivity contribution < 1.29 is 4.79 Å². The Kier molecular flexibility index (Phi) is 4.84. The SMILES string of the molecule is CCc1cc(Br)cc(C)c1NC(=O)c1ccc(Cl)cc1. The number of hydrogen-bond acceptors (Lipinski definition) is 1. The third kappa shape index (κ3) is 3.41. The molecule has 0 bridgehead atoms. The molecule has 0 radical (unpaired) electrons. The van der Waals surface area contributed by atoms with Gasteiger partial charge in [-0.05, 0) is 60.9 Å². The number of aryl methyl sites for hydroxylation is 2. The molecule has 0 aliphatic heterocycles. The summed E-state index contributed by atoms with van der Waals surface area (Å²) in [5.74, 6) is -0.123. The molecule has 0 heterocycles. The predicted octanol–water partition coefficient (Wildman–Crippen LogP) is 5.23. The lowest BCUT2D eigenvalue weighted by molar-refractivity contribution is 0.102. The summed E-state index contributed by atoms with van der Waals surface area (Å²) in [7, 11) is 0. The summed E-state index contributed by atoms with van der Waals surface area (Å²) in [5.41, 5.74) is 3.63. The third-order valence-electron chi connectivity index (χ3n) is 3.11. The first kappa shape index (κ1) is 15.1. The van der Waals surface area contributed by atoms with Crippen LogP contribution in [0.25, 0.3) is 0 Å². The molecule has 1 N–H and O–H groups in total. The van der Waals surface area contributed by atoms with Crippen molar-refractivity contribution in [2.24, 2.45) is 0 Å². The van der Waals surface area contributed by atoms with Gasteiger partial charge in [-0.2, -0.15) is 0 Å². The summed E-state index contributed by atoms with van der Waals surface area (Å²) in [4.78, 5) is 12.3. The summed E-state index contributed by atoms with van der Waals surface area (Å²) >= 11 is 9.31. The number of hydrogen-bond donors (Lipinski definition) is 1. The minimum atomic E-state index is -0.123. The second-order valence-electron chi connectivity index (χ2n) is 4.57. The van der Waals surface area contributed by atoms with Gasteiger partial charge in [0.25, 0.3) is 5.91 Å². The largest absolute Gasteiger partial charge is 0.321 e. The van der Waals surface area contributed by atoms with Crippen LogP contribution in [0.3, 0.4) is 0 Å². The van der Waals surface area contributed by atoms with Gasteiger partial charge in [-0.1, -0.05) is 34.5 Å². The van der Waals surface area contributed by atoms with Crippen molar-refractivity contribution in [1.29, 1.82) is 0 Å². The molecule has 1 amide bonds. The molecule has 0 unspecified atom stereocenters. The maximum atomic E-state index is 12.3. The van der Waals surface area contributed by atoms with Crippen LogP contribution in [0.5, 0.6) is 0 Å². The van der Waals surface area contributed by atoms with E-state index >= 15 is 0 Å².